The monoisotopic (exact) mass is 383 g/mol. The van der Waals surface area contributed by atoms with E-state index in [9.17, 15) is 4.79 Å². The Balaban J connectivity index is 1.63. The molecule has 2 heterocycles. The molecule has 0 radical (unpaired) electrons. The molecule has 29 heavy (non-hydrogen) atoms. The van der Waals surface area contributed by atoms with Gasteiger partial charge in [0.15, 0.2) is 0 Å². The number of anilines is 1. The number of furan rings is 1. The summed E-state index contributed by atoms with van der Waals surface area (Å²) < 4.78 is 11.6. The summed E-state index contributed by atoms with van der Waals surface area (Å²) in [5, 5.41) is 1.01. The first-order chi connectivity index (χ1) is 14.2. The van der Waals surface area contributed by atoms with Crippen molar-refractivity contribution in [1.29, 1.82) is 0 Å². The smallest absolute Gasteiger partial charge is 0.417 e. The van der Waals surface area contributed by atoms with Crippen LogP contribution in [0.5, 0.6) is 0 Å². The van der Waals surface area contributed by atoms with E-state index in [4.69, 9.17) is 9.15 Å². The van der Waals surface area contributed by atoms with E-state index in [-0.39, 0.29) is 18.1 Å². The highest BCUT2D eigenvalue weighted by Gasteiger charge is 2.42. The second-order valence-electron chi connectivity index (χ2n) is 7.38. The lowest BCUT2D eigenvalue weighted by Gasteiger charge is -2.28. The number of carbonyl (C=O) groups is 1. The summed E-state index contributed by atoms with van der Waals surface area (Å²) in [5.74, 6) is 0.497. The van der Waals surface area contributed by atoms with E-state index in [2.05, 4.69) is 24.3 Å². The quantitative estimate of drug-likeness (QED) is 0.441. The fourth-order valence-electron chi connectivity index (χ4n) is 4.20. The Labute approximate surface area is 169 Å². The molecule has 1 atom stereocenters. The zero-order valence-corrected chi connectivity index (χ0v) is 16.1. The van der Waals surface area contributed by atoms with Gasteiger partial charge in [-0.3, -0.25) is 0 Å². The van der Waals surface area contributed by atoms with Crippen LogP contribution < -0.4 is 4.90 Å². The maximum atomic E-state index is 12.8. The van der Waals surface area contributed by atoms with Gasteiger partial charge in [0.05, 0.1) is 6.04 Å². The molecule has 144 valence electrons. The fourth-order valence-corrected chi connectivity index (χ4v) is 4.20. The summed E-state index contributed by atoms with van der Waals surface area (Å²) >= 11 is 0. The first-order valence-electron chi connectivity index (χ1n) is 9.77. The highest BCUT2D eigenvalue weighted by molar-refractivity contribution is 5.93. The van der Waals surface area contributed by atoms with Gasteiger partial charge >= 0.3 is 6.09 Å². The molecule has 4 aromatic rings. The Kier molecular flexibility index (Phi) is 4.32. The number of rotatable bonds is 4. The van der Waals surface area contributed by atoms with Gasteiger partial charge in [0.1, 0.15) is 12.2 Å². The zero-order valence-electron chi connectivity index (χ0n) is 16.1. The van der Waals surface area contributed by atoms with Crippen molar-refractivity contribution in [2.24, 2.45) is 0 Å². The standard InChI is InChI=1S/C25H21NO3/c1-17-9-8-14-22-20(17)15-23(29-22)26-21(16-28-25(26)27)24(18-10-4-2-5-11-18)19-12-6-3-7-13-19/h2-15,21,24H,16H2,1H3/t21-/m0/s1. The third-order valence-corrected chi connectivity index (χ3v) is 5.61. The van der Waals surface area contributed by atoms with Gasteiger partial charge < -0.3 is 9.15 Å². The largest absolute Gasteiger partial charge is 0.447 e. The lowest BCUT2D eigenvalue weighted by atomic mass is 9.85. The molecular formula is C25H21NO3. The number of ether oxygens (including phenoxy) is 1. The predicted molar refractivity (Wildman–Crippen MR) is 113 cm³/mol. The van der Waals surface area contributed by atoms with Crippen LogP contribution in [0.3, 0.4) is 0 Å². The van der Waals surface area contributed by atoms with Gasteiger partial charge in [-0.15, -0.1) is 0 Å². The molecule has 1 aliphatic heterocycles. The van der Waals surface area contributed by atoms with Gasteiger partial charge in [0.2, 0.25) is 5.88 Å². The minimum absolute atomic E-state index is 0.0295. The van der Waals surface area contributed by atoms with Crippen LogP contribution in [0.15, 0.2) is 89.3 Å². The average Bonchev–Trinajstić information content (AvgIpc) is 3.34. The maximum Gasteiger partial charge on any atom is 0.417 e. The van der Waals surface area contributed by atoms with Crippen LogP contribution in [0.1, 0.15) is 22.6 Å². The van der Waals surface area contributed by atoms with E-state index in [0.29, 0.717) is 12.5 Å². The SMILES string of the molecule is Cc1cccc2oc(N3C(=O)OC[C@H]3C(c3ccccc3)c3ccccc3)cc12. The lowest BCUT2D eigenvalue weighted by Crippen LogP contribution is -2.38. The molecule has 5 rings (SSSR count). The molecule has 1 saturated heterocycles. The Morgan fingerprint density at radius 1 is 0.897 bits per heavy atom. The van der Waals surface area contributed by atoms with Crippen molar-refractivity contribution in [3.05, 3.63) is 102 Å². The van der Waals surface area contributed by atoms with E-state index >= 15 is 0 Å². The minimum Gasteiger partial charge on any atom is -0.447 e. The normalized spacial score (nSPS) is 16.6. The zero-order chi connectivity index (χ0) is 19.8. The molecular weight excluding hydrogens is 362 g/mol. The molecule has 0 spiro atoms. The first-order valence-corrected chi connectivity index (χ1v) is 9.77. The molecule has 0 saturated carbocycles. The Hall–Kier alpha value is -3.53. The van der Waals surface area contributed by atoms with E-state index in [1.54, 1.807) is 4.90 Å². The Bertz CT molecular complexity index is 1110. The van der Waals surface area contributed by atoms with Gasteiger partial charge in [0, 0.05) is 17.4 Å². The molecule has 0 unspecified atom stereocenters. The van der Waals surface area contributed by atoms with Crippen LogP contribution in [0.2, 0.25) is 0 Å². The Morgan fingerprint density at radius 2 is 1.55 bits per heavy atom. The van der Waals surface area contributed by atoms with E-state index < -0.39 is 0 Å². The summed E-state index contributed by atoms with van der Waals surface area (Å²) in [6, 6.07) is 28.2. The second-order valence-corrected chi connectivity index (χ2v) is 7.38. The molecule has 0 aliphatic carbocycles. The molecule has 4 heteroatoms. The fraction of sp³-hybridized carbons (Fsp3) is 0.160. The third kappa shape index (κ3) is 3.07. The minimum atomic E-state index is -0.372. The molecule has 1 aliphatic rings. The highest BCUT2D eigenvalue weighted by atomic mass is 16.6. The van der Waals surface area contributed by atoms with Gasteiger partial charge in [0.25, 0.3) is 0 Å². The van der Waals surface area contributed by atoms with Crippen LogP contribution in [-0.4, -0.2) is 18.7 Å². The van der Waals surface area contributed by atoms with Crippen molar-refractivity contribution in [2.75, 3.05) is 11.5 Å². The molecule has 4 nitrogen and oxygen atoms in total. The van der Waals surface area contributed by atoms with Crippen LogP contribution in [0.25, 0.3) is 11.0 Å². The number of hydrogen-bond acceptors (Lipinski definition) is 3. The van der Waals surface area contributed by atoms with Crippen molar-refractivity contribution in [1.82, 2.24) is 0 Å². The Morgan fingerprint density at radius 3 is 2.17 bits per heavy atom. The van der Waals surface area contributed by atoms with Crippen molar-refractivity contribution < 1.29 is 13.9 Å². The number of aryl methyl sites for hydroxylation is 1. The third-order valence-electron chi connectivity index (χ3n) is 5.61. The summed E-state index contributed by atoms with van der Waals surface area (Å²) in [6.45, 7) is 2.35. The number of carbonyl (C=O) groups excluding carboxylic acids is 1. The molecule has 1 amide bonds. The molecule has 3 aromatic carbocycles. The number of hydrogen-bond donors (Lipinski definition) is 0. The summed E-state index contributed by atoms with van der Waals surface area (Å²) in [7, 11) is 0. The molecule has 1 aromatic heterocycles. The van der Waals surface area contributed by atoms with Crippen LogP contribution in [0.4, 0.5) is 10.7 Å². The number of nitrogens with zero attached hydrogens (tertiary/aromatic N) is 1. The molecule has 1 fully saturated rings. The highest BCUT2D eigenvalue weighted by Crippen LogP contribution is 2.39. The van der Waals surface area contributed by atoms with Crippen LogP contribution in [-0.2, 0) is 4.74 Å². The van der Waals surface area contributed by atoms with Crippen molar-refractivity contribution in [3.63, 3.8) is 0 Å². The lowest BCUT2D eigenvalue weighted by molar-refractivity contribution is 0.178. The number of cyclic esters (lactones) is 1. The number of fused-ring (bicyclic) bond motifs is 1. The van der Waals surface area contributed by atoms with Crippen LogP contribution in [0, 0.1) is 6.92 Å². The van der Waals surface area contributed by atoms with Gasteiger partial charge in [-0.2, -0.15) is 0 Å². The van der Waals surface area contributed by atoms with Crippen molar-refractivity contribution in [3.8, 4) is 0 Å². The van der Waals surface area contributed by atoms with Gasteiger partial charge in [-0.1, -0.05) is 72.8 Å². The summed E-state index contributed by atoms with van der Waals surface area (Å²) in [5.41, 5.74) is 4.16. The van der Waals surface area contributed by atoms with Gasteiger partial charge in [-0.05, 0) is 29.7 Å². The first kappa shape index (κ1) is 17.6. The number of benzene rings is 3. The van der Waals surface area contributed by atoms with Crippen LogP contribution >= 0.6 is 0 Å². The van der Waals surface area contributed by atoms with E-state index in [1.165, 1.54) is 0 Å². The molecule has 0 N–H and O–H groups in total. The summed E-state index contributed by atoms with van der Waals surface area (Å²) in [6.07, 6.45) is -0.372. The van der Waals surface area contributed by atoms with Crippen molar-refractivity contribution in [2.45, 2.75) is 18.9 Å². The topological polar surface area (TPSA) is 42.7 Å². The molecule has 0 bridgehead atoms. The summed E-state index contributed by atoms with van der Waals surface area (Å²) in [4.78, 5) is 14.4. The average molecular weight is 383 g/mol. The second kappa shape index (κ2) is 7.13. The van der Waals surface area contributed by atoms with E-state index in [0.717, 1.165) is 27.7 Å². The number of amides is 1. The van der Waals surface area contributed by atoms with E-state index in [1.807, 2.05) is 67.6 Å². The van der Waals surface area contributed by atoms with Gasteiger partial charge in [-0.25, -0.2) is 9.69 Å². The maximum absolute atomic E-state index is 12.8. The predicted octanol–water partition coefficient (Wildman–Crippen LogP) is 5.90. The van der Waals surface area contributed by atoms with Crippen molar-refractivity contribution >= 4 is 22.9 Å².